The van der Waals surface area contributed by atoms with Gasteiger partial charge < -0.3 is 4.90 Å². The number of carbonyl (C=O) groups excluding carboxylic acids is 3. The van der Waals surface area contributed by atoms with Crippen LogP contribution in [0.15, 0.2) is 72.8 Å². The molecular weight excluding hydrogens is 484 g/mol. The molecule has 9 nitrogen and oxygen atoms in total. The third kappa shape index (κ3) is 4.94. The van der Waals surface area contributed by atoms with Gasteiger partial charge in [-0.15, -0.1) is 0 Å². The van der Waals surface area contributed by atoms with Crippen molar-refractivity contribution in [2.75, 3.05) is 11.4 Å². The fourth-order valence-corrected chi connectivity index (χ4v) is 4.25. The summed E-state index contributed by atoms with van der Waals surface area (Å²) in [5.41, 5.74) is 1.13. The Morgan fingerprint density at radius 2 is 1.81 bits per heavy atom. The van der Waals surface area contributed by atoms with Crippen LogP contribution in [0.2, 0.25) is 5.02 Å². The number of benzene rings is 3. The van der Waals surface area contributed by atoms with E-state index in [2.05, 4.69) is 0 Å². The molecule has 1 fully saturated rings. The van der Waals surface area contributed by atoms with E-state index in [1.807, 2.05) is 36.4 Å². The number of halogens is 1. The first kappa shape index (κ1) is 24.6. The molecular formula is C26H19ClN4O5. The van der Waals surface area contributed by atoms with Gasteiger partial charge in [-0.1, -0.05) is 41.9 Å². The summed E-state index contributed by atoms with van der Waals surface area (Å²) in [6, 6.07) is 19.8. The maximum atomic E-state index is 13.6. The van der Waals surface area contributed by atoms with E-state index < -0.39 is 34.4 Å². The van der Waals surface area contributed by atoms with Crippen molar-refractivity contribution in [1.29, 1.82) is 5.26 Å². The summed E-state index contributed by atoms with van der Waals surface area (Å²) in [6.07, 6.45) is 0.159. The van der Waals surface area contributed by atoms with Gasteiger partial charge in [-0.3, -0.25) is 24.5 Å². The van der Waals surface area contributed by atoms with Crippen LogP contribution in [-0.4, -0.2) is 40.1 Å². The molecule has 1 heterocycles. The Morgan fingerprint density at radius 1 is 1.11 bits per heavy atom. The standard InChI is InChI=1S/C26H19ClN4O5/c27-21-11-8-19(14-22(21)31(35)36)25(33)29(13-12-17-4-2-1-3-5-17)23-15-24(32)30(26(23)34)20-9-6-18(16-28)7-10-20/h1-11,14,23H,12-13,15H2. The molecule has 1 saturated heterocycles. The molecule has 0 saturated carbocycles. The molecule has 3 aromatic carbocycles. The highest BCUT2D eigenvalue weighted by molar-refractivity contribution is 6.32. The summed E-state index contributed by atoms with van der Waals surface area (Å²) in [5, 5.41) is 20.2. The van der Waals surface area contributed by atoms with Crippen molar-refractivity contribution in [3.05, 3.63) is 105 Å². The largest absolute Gasteiger partial charge is 0.326 e. The molecule has 0 bridgehead atoms. The first-order chi connectivity index (χ1) is 17.3. The van der Waals surface area contributed by atoms with Gasteiger partial charge in [0.05, 0.1) is 28.7 Å². The molecule has 3 aromatic rings. The number of nitriles is 1. The fraction of sp³-hybridized carbons (Fsp3) is 0.154. The maximum Gasteiger partial charge on any atom is 0.288 e. The third-order valence-electron chi connectivity index (χ3n) is 5.89. The zero-order valence-electron chi connectivity index (χ0n) is 18.8. The fourth-order valence-electron chi connectivity index (χ4n) is 4.06. The molecule has 1 aliphatic rings. The quantitative estimate of drug-likeness (QED) is 0.271. The first-order valence-corrected chi connectivity index (χ1v) is 11.3. The van der Waals surface area contributed by atoms with Gasteiger partial charge in [-0.2, -0.15) is 5.26 Å². The molecule has 1 aliphatic heterocycles. The predicted molar refractivity (Wildman–Crippen MR) is 131 cm³/mol. The van der Waals surface area contributed by atoms with Crippen LogP contribution >= 0.6 is 11.6 Å². The van der Waals surface area contributed by atoms with Gasteiger partial charge in [0, 0.05) is 18.2 Å². The van der Waals surface area contributed by atoms with Gasteiger partial charge in [0.15, 0.2) is 0 Å². The van der Waals surface area contributed by atoms with E-state index in [4.69, 9.17) is 16.9 Å². The monoisotopic (exact) mass is 502 g/mol. The van der Waals surface area contributed by atoms with Gasteiger partial charge in [-0.05, 0) is 48.4 Å². The lowest BCUT2D eigenvalue weighted by atomic mass is 10.1. The molecule has 36 heavy (non-hydrogen) atoms. The molecule has 0 N–H and O–H groups in total. The average molecular weight is 503 g/mol. The summed E-state index contributed by atoms with van der Waals surface area (Å²) >= 11 is 5.90. The summed E-state index contributed by atoms with van der Waals surface area (Å²) in [5.74, 6) is -1.71. The Kier molecular flexibility index (Phi) is 7.08. The molecule has 0 aromatic heterocycles. The summed E-state index contributed by atoms with van der Waals surface area (Å²) in [6.45, 7) is 0.101. The van der Waals surface area contributed by atoms with Gasteiger partial charge in [0.2, 0.25) is 5.91 Å². The number of hydrogen-bond acceptors (Lipinski definition) is 6. The van der Waals surface area contributed by atoms with Crippen LogP contribution in [0.3, 0.4) is 0 Å². The molecule has 0 aliphatic carbocycles. The van der Waals surface area contributed by atoms with Gasteiger partial charge >= 0.3 is 0 Å². The van der Waals surface area contributed by atoms with Crippen LogP contribution in [0.4, 0.5) is 11.4 Å². The molecule has 0 radical (unpaired) electrons. The second kappa shape index (κ2) is 10.4. The van der Waals surface area contributed by atoms with Crippen LogP contribution in [-0.2, 0) is 16.0 Å². The molecule has 3 amide bonds. The number of carbonyl (C=O) groups is 3. The van der Waals surface area contributed by atoms with E-state index >= 15 is 0 Å². The molecule has 180 valence electrons. The summed E-state index contributed by atoms with van der Waals surface area (Å²) in [4.78, 5) is 52.8. The molecule has 1 atom stereocenters. The Balaban J connectivity index is 1.67. The van der Waals surface area contributed by atoms with Gasteiger partial charge in [-0.25, -0.2) is 4.90 Å². The van der Waals surface area contributed by atoms with Crippen molar-refractivity contribution in [3.63, 3.8) is 0 Å². The van der Waals surface area contributed by atoms with Gasteiger partial charge in [0.25, 0.3) is 17.5 Å². The Bertz CT molecular complexity index is 1390. The number of anilines is 1. The van der Waals surface area contributed by atoms with Crippen LogP contribution in [0, 0.1) is 21.4 Å². The molecule has 4 rings (SSSR count). The van der Waals surface area contributed by atoms with Crippen LogP contribution in [0.25, 0.3) is 0 Å². The minimum atomic E-state index is -1.10. The molecule has 0 spiro atoms. The van der Waals surface area contributed by atoms with Crippen molar-refractivity contribution in [3.8, 4) is 6.07 Å². The minimum absolute atomic E-state index is 0.0174. The van der Waals surface area contributed by atoms with E-state index in [0.717, 1.165) is 16.5 Å². The molecule has 10 heteroatoms. The Labute approximate surface area is 211 Å². The summed E-state index contributed by atoms with van der Waals surface area (Å²) < 4.78 is 0. The predicted octanol–water partition coefficient (Wildman–Crippen LogP) is 4.14. The SMILES string of the molecule is N#Cc1ccc(N2C(=O)CC(N(CCc3ccccc3)C(=O)c3ccc(Cl)c([N+](=O)[O-])c3)C2=O)cc1. The Morgan fingerprint density at radius 3 is 2.44 bits per heavy atom. The zero-order valence-corrected chi connectivity index (χ0v) is 19.6. The van der Waals surface area contributed by atoms with Crippen molar-refractivity contribution in [2.24, 2.45) is 0 Å². The number of imide groups is 1. The number of amides is 3. The maximum absolute atomic E-state index is 13.6. The van der Waals surface area contributed by atoms with Crippen molar-refractivity contribution in [1.82, 2.24) is 4.90 Å². The normalized spacial score (nSPS) is 15.0. The average Bonchev–Trinajstić information content (AvgIpc) is 3.18. The molecule has 1 unspecified atom stereocenters. The zero-order chi connectivity index (χ0) is 25.8. The van der Waals surface area contributed by atoms with E-state index in [9.17, 15) is 24.5 Å². The van der Waals surface area contributed by atoms with Crippen molar-refractivity contribution < 1.29 is 19.3 Å². The third-order valence-corrected chi connectivity index (χ3v) is 6.21. The number of nitro benzene ring substituents is 1. The van der Waals surface area contributed by atoms with Crippen LogP contribution in [0.1, 0.15) is 27.9 Å². The minimum Gasteiger partial charge on any atom is -0.326 e. The second-order valence-corrected chi connectivity index (χ2v) is 8.51. The summed E-state index contributed by atoms with van der Waals surface area (Å²) in [7, 11) is 0. The van der Waals surface area contributed by atoms with Gasteiger partial charge in [0.1, 0.15) is 11.1 Å². The topological polar surface area (TPSA) is 125 Å². The first-order valence-electron chi connectivity index (χ1n) is 11.0. The van der Waals surface area contributed by atoms with E-state index in [0.29, 0.717) is 17.7 Å². The van der Waals surface area contributed by atoms with E-state index in [-0.39, 0.29) is 23.6 Å². The lowest BCUT2D eigenvalue weighted by Crippen LogP contribution is -2.46. The van der Waals surface area contributed by atoms with Crippen LogP contribution in [0.5, 0.6) is 0 Å². The van der Waals surface area contributed by atoms with Crippen LogP contribution < -0.4 is 4.90 Å². The lowest BCUT2D eigenvalue weighted by Gasteiger charge is -2.28. The Hall–Kier alpha value is -4.55. The van der Waals surface area contributed by atoms with E-state index in [1.54, 1.807) is 0 Å². The number of hydrogen-bond donors (Lipinski definition) is 0. The highest BCUT2D eigenvalue weighted by Gasteiger charge is 2.44. The van der Waals surface area contributed by atoms with Crippen molar-refractivity contribution >= 4 is 40.7 Å². The highest BCUT2D eigenvalue weighted by atomic mass is 35.5. The smallest absolute Gasteiger partial charge is 0.288 e. The lowest BCUT2D eigenvalue weighted by molar-refractivity contribution is -0.384. The number of nitro groups is 1. The number of rotatable bonds is 7. The number of nitrogens with zero attached hydrogens (tertiary/aromatic N) is 4. The van der Waals surface area contributed by atoms with E-state index in [1.165, 1.54) is 41.3 Å². The highest BCUT2D eigenvalue weighted by Crippen LogP contribution is 2.29. The van der Waals surface area contributed by atoms with Crippen molar-refractivity contribution in [2.45, 2.75) is 18.9 Å². The second-order valence-electron chi connectivity index (χ2n) is 8.10.